The zero-order valence-corrected chi connectivity index (χ0v) is 13.1. The molecule has 1 N–H and O–H groups in total. The Morgan fingerprint density at radius 3 is 2.76 bits per heavy atom. The number of rotatable bonds is 2. The number of carbonyl (C=O) groups excluding carboxylic acids is 1. The monoisotopic (exact) mass is 342 g/mol. The molecule has 3 rings (SSSR count). The highest BCUT2D eigenvalue weighted by Gasteiger charge is 2.28. The zero-order chi connectivity index (χ0) is 14.8. The summed E-state index contributed by atoms with van der Waals surface area (Å²) in [6.45, 7) is 0. The summed E-state index contributed by atoms with van der Waals surface area (Å²) >= 11 is 3.44. The standard InChI is InChI=1S/C17H15BrN2O/c18-15-7-6-11-8-13(5-4-12(11)9-15)17(21)20-16-3-1-2-14(16)10-19/h4-9,14,16H,1-3H2,(H,20,21). The van der Waals surface area contributed by atoms with Gasteiger partial charge in [-0.2, -0.15) is 5.26 Å². The summed E-state index contributed by atoms with van der Waals surface area (Å²) in [5.41, 5.74) is 0.647. The lowest BCUT2D eigenvalue weighted by atomic mass is 10.0. The number of benzene rings is 2. The summed E-state index contributed by atoms with van der Waals surface area (Å²) in [5.74, 6) is -0.141. The first kappa shape index (κ1) is 14.1. The van der Waals surface area contributed by atoms with Crippen LogP contribution in [0, 0.1) is 17.2 Å². The molecule has 0 saturated heterocycles. The first-order valence-electron chi connectivity index (χ1n) is 7.07. The van der Waals surface area contributed by atoms with Crippen molar-refractivity contribution in [1.82, 2.24) is 5.32 Å². The van der Waals surface area contributed by atoms with Crippen LogP contribution in [0.15, 0.2) is 40.9 Å². The van der Waals surface area contributed by atoms with Crippen LogP contribution in [0.25, 0.3) is 10.8 Å². The molecule has 21 heavy (non-hydrogen) atoms. The van der Waals surface area contributed by atoms with Crippen LogP contribution in [-0.4, -0.2) is 11.9 Å². The van der Waals surface area contributed by atoms with Gasteiger partial charge in [-0.25, -0.2) is 0 Å². The Balaban J connectivity index is 1.81. The highest BCUT2D eigenvalue weighted by molar-refractivity contribution is 9.10. The van der Waals surface area contributed by atoms with E-state index in [2.05, 4.69) is 27.3 Å². The molecule has 1 aliphatic rings. The predicted octanol–water partition coefficient (Wildman–Crippen LogP) is 4.02. The predicted molar refractivity (Wildman–Crippen MR) is 85.9 cm³/mol. The fourth-order valence-corrected chi connectivity index (χ4v) is 3.28. The van der Waals surface area contributed by atoms with E-state index in [4.69, 9.17) is 5.26 Å². The number of hydrogen-bond donors (Lipinski definition) is 1. The maximum absolute atomic E-state index is 12.3. The van der Waals surface area contributed by atoms with Gasteiger partial charge in [-0.15, -0.1) is 0 Å². The van der Waals surface area contributed by atoms with Crippen molar-refractivity contribution in [2.75, 3.05) is 0 Å². The second-order valence-corrected chi connectivity index (χ2v) is 6.37. The van der Waals surface area contributed by atoms with E-state index in [9.17, 15) is 4.79 Å². The molecule has 0 heterocycles. The van der Waals surface area contributed by atoms with Crippen molar-refractivity contribution >= 4 is 32.6 Å². The Morgan fingerprint density at radius 1 is 1.19 bits per heavy atom. The minimum Gasteiger partial charge on any atom is -0.348 e. The summed E-state index contributed by atoms with van der Waals surface area (Å²) in [6.07, 6.45) is 2.78. The number of fused-ring (bicyclic) bond motifs is 1. The molecule has 1 amide bonds. The number of hydrogen-bond acceptors (Lipinski definition) is 2. The minimum atomic E-state index is -0.0908. The number of halogens is 1. The van der Waals surface area contributed by atoms with Gasteiger partial charge in [0.05, 0.1) is 12.0 Å². The maximum atomic E-state index is 12.3. The van der Waals surface area contributed by atoms with Crippen molar-refractivity contribution < 1.29 is 4.79 Å². The Hall–Kier alpha value is -1.86. The summed E-state index contributed by atoms with van der Waals surface area (Å²) in [7, 11) is 0. The quantitative estimate of drug-likeness (QED) is 0.895. The largest absolute Gasteiger partial charge is 0.348 e. The van der Waals surface area contributed by atoms with Crippen molar-refractivity contribution in [2.24, 2.45) is 5.92 Å². The van der Waals surface area contributed by atoms with E-state index < -0.39 is 0 Å². The van der Waals surface area contributed by atoms with E-state index >= 15 is 0 Å². The third-order valence-electron chi connectivity index (χ3n) is 4.06. The van der Waals surface area contributed by atoms with Crippen LogP contribution in [0.2, 0.25) is 0 Å². The van der Waals surface area contributed by atoms with E-state index in [-0.39, 0.29) is 17.9 Å². The van der Waals surface area contributed by atoms with Gasteiger partial charge in [0.15, 0.2) is 0 Å². The Kier molecular flexibility index (Phi) is 3.94. The van der Waals surface area contributed by atoms with Crippen LogP contribution in [0.4, 0.5) is 0 Å². The molecule has 2 atom stereocenters. The van der Waals surface area contributed by atoms with Crippen LogP contribution >= 0.6 is 15.9 Å². The van der Waals surface area contributed by atoms with Gasteiger partial charge in [0, 0.05) is 16.1 Å². The van der Waals surface area contributed by atoms with Crippen molar-refractivity contribution in [3.63, 3.8) is 0 Å². The van der Waals surface area contributed by atoms with Gasteiger partial charge in [0.2, 0.25) is 0 Å². The molecule has 1 aliphatic carbocycles. The van der Waals surface area contributed by atoms with Gasteiger partial charge in [-0.1, -0.05) is 28.1 Å². The summed E-state index contributed by atoms with van der Waals surface area (Å²) in [4.78, 5) is 12.3. The normalized spacial score (nSPS) is 21.1. The van der Waals surface area contributed by atoms with E-state index in [0.717, 1.165) is 34.5 Å². The van der Waals surface area contributed by atoms with Crippen LogP contribution < -0.4 is 5.32 Å². The van der Waals surface area contributed by atoms with Crippen LogP contribution in [0.1, 0.15) is 29.6 Å². The van der Waals surface area contributed by atoms with Crippen LogP contribution in [-0.2, 0) is 0 Å². The van der Waals surface area contributed by atoms with Crippen molar-refractivity contribution in [2.45, 2.75) is 25.3 Å². The zero-order valence-electron chi connectivity index (χ0n) is 11.5. The fourth-order valence-electron chi connectivity index (χ4n) is 2.90. The summed E-state index contributed by atoms with van der Waals surface area (Å²) in [6, 6.07) is 13.9. The SMILES string of the molecule is N#CC1CCCC1NC(=O)c1ccc2cc(Br)ccc2c1. The molecule has 106 valence electrons. The average molecular weight is 343 g/mol. The lowest BCUT2D eigenvalue weighted by Gasteiger charge is -2.15. The molecule has 4 heteroatoms. The van der Waals surface area contributed by atoms with Crippen molar-refractivity contribution in [3.05, 3.63) is 46.4 Å². The molecule has 0 radical (unpaired) electrons. The van der Waals surface area contributed by atoms with E-state index in [0.29, 0.717) is 5.56 Å². The van der Waals surface area contributed by atoms with Gasteiger partial charge in [-0.3, -0.25) is 4.79 Å². The average Bonchev–Trinajstić information content (AvgIpc) is 2.93. The maximum Gasteiger partial charge on any atom is 0.251 e. The Morgan fingerprint density at radius 2 is 1.95 bits per heavy atom. The van der Waals surface area contributed by atoms with E-state index in [1.165, 1.54) is 0 Å². The van der Waals surface area contributed by atoms with Gasteiger partial charge in [-0.05, 0) is 54.3 Å². The third-order valence-corrected chi connectivity index (χ3v) is 4.56. The first-order chi connectivity index (χ1) is 10.2. The molecule has 2 aromatic carbocycles. The molecule has 1 saturated carbocycles. The Labute approximate surface area is 132 Å². The summed E-state index contributed by atoms with van der Waals surface area (Å²) < 4.78 is 1.02. The summed E-state index contributed by atoms with van der Waals surface area (Å²) in [5, 5.41) is 14.2. The van der Waals surface area contributed by atoms with Crippen molar-refractivity contribution in [1.29, 1.82) is 5.26 Å². The minimum absolute atomic E-state index is 0.0110. The smallest absolute Gasteiger partial charge is 0.251 e. The second kappa shape index (κ2) is 5.87. The number of nitrogens with zero attached hydrogens (tertiary/aromatic N) is 1. The molecule has 2 unspecified atom stereocenters. The van der Waals surface area contributed by atoms with Gasteiger partial charge in [0.1, 0.15) is 0 Å². The van der Waals surface area contributed by atoms with Crippen LogP contribution in [0.5, 0.6) is 0 Å². The van der Waals surface area contributed by atoms with Gasteiger partial charge >= 0.3 is 0 Å². The molecule has 0 aromatic heterocycles. The topological polar surface area (TPSA) is 52.9 Å². The second-order valence-electron chi connectivity index (χ2n) is 5.45. The number of amides is 1. The first-order valence-corrected chi connectivity index (χ1v) is 7.86. The highest BCUT2D eigenvalue weighted by Crippen LogP contribution is 2.26. The van der Waals surface area contributed by atoms with Gasteiger partial charge in [0.25, 0.3) is 5.91 Å². The highest BCUT2D eigenvalue weighted by atomic mass is 79.9. The Bertz CT molecular complexity index is 735. The molecule has 0 bridgehead atoms. The van der Waals surface area contributed by atoms with E-state index in [1.807, 2.05) is 36.4 Å². The lowest BCUT2D eigenvalue weighted by molar-refractivity contribution is 0.0933. The molecular formula is C17H15BrN2O. The molecular weight excluding hydrogens is 328 g/mol. The molecule has 0 spiro atoms. The fraction of sp³-hybridized carbons (Fsp3) is 0.294. The molecule has 3 nitrogen and oxygen atoms in total. The number of nitrogens with one attached hydrogen (secondary N) is 1. The van der Waals surface area contributed by atoms with Crippen molar-refractivity contribution in [3.8, 4) is 6.07 Å². The lowest BCUT2D eigenvalue weighted by Crippen LogP contribution is -2.36. The van der Waals surface area contributed by atoms with Crippen LogP contribution in [0.3, 0.4) is 0 Å². The number of nitriles is 1. The number of carbonyl (C=O) groups is 1. The third kappa shape index (κ3) is 2.93. The van der Waals surface area contributed by atoms with Gasteiger partial charge < -0.3 is 5.32 Å². The van der Waals surface area contributed by atoms with E-state index in [1.54, 1.807) is 0 Å². The molecule has 1 fully saturated rings. The molecule has 0 aliphatic heterocycles. The molecule has 2 aromatic rings.